The molecule has 1 amide bonds. The highest BCUT2D eigenvalue weighted by atomic mass is 16.5. The quantitative estimate of drug-likeness (QED) is 0.618. The molecule has 32 heavy (non-hydrogen) atoms. The Labute approximate surface area is 188 Å². The maximum absolute atomic E-state index is 11.4. The molecule has 0 saturated carbocycles. The minimum Gasteiger partial charge on any atom is -0.507 e. The predicted molar refractivity (Wildman–Crippen MR) is 124 cm³/mol. The van der Waals surface area contributed by atoms with Crippen LogP contribution in [-0.2, 0) is 9.53 Å². The molecular formula is C24H31N5O3. The van der Waals surface area contributed by atoms with Crippen LogP contribution in [0.3, 0.4) is 0 Å². The number of fused-ring (bicyclic) bond motifs is 2. The molecule has 1 aromatic heterocycles. The Kier molecular flexibility index (Phi) is 5.92. The molecule has 3 N–H and O–H groups in total. The van der Waals surface area contributed by atoms with Gasteiger partial charge >= 0.3 is 0 Å². The van der Waals surface area contributed by atoms with E-state index < -0.39 is 0 Å². The summed E-state index contributed by atoms with van der Waals surface area (Å²) < 4.78 is 5.84. The standard InChI is InChI=1S/C24H31N5O3/c1-23-12-17(13-24(2,28-23)15-32-14-23)29(4)21-9-8-19(26-27-21)18-7-5-16(11-20(18)30)6-10-22(31)25-3/h5-11,17,28,30H,12-15H2,1-4H3,(H,25,31)/b10-6+/t17-,23+,24-. The van der Waals surface area contributed by atoms with Crippen molar-refractivity contribution in [2.24, 2.45) is 0 Å². The van der Waals surface area contributed by atoms with E-state index in [9.17, 15) is 9.90 Å². The average Bonchev–Trinajstić information content (AvgIpc) is 2.75. The maximum Gasteiger partial charge on any atom is 0.243 e. The number of nitrogens with one attached hydrogen (secondary N) is 2. The summed E-state index contributed by atoms with van der Waals surface area (Å²) in [5.41, 5.74) is 1.82. The van der Waals surface area contributed by atoms with Crippen molar-refractivity contribution in [3.05, 3.63) is 42.0 Å². The molecule has 0 aliphatic carbocycles. The minimum atomic E-state index is -0.202. The third-order valence-corrected chi connectivity index (χ3v) is 6.35. The Hall–Kier alpha value is -2.97. The first-order valence-corrected chi connectivity index (χ1v) is 10.9. The number of carbonyl (C=O) groups is 1. The van der Waals surface area contributed by atoms with E-state index in [2.05, 4.69) is 46.6 Å². The molecule has 0 unspecified atom stereocenters. The van der Waals surface area contributed by atoms with Gasteiger partial charge < -0.3 is 25.4 Å². The number of nitrogens with zero attached hydrogens (tertiary/aromatic N) is 3. The molecule has 2 bridgehead atoms. The van der Waals surface area contributed by atoms with Crippen molar-refractivity contribution in [2.45, 2.75) is 43.8 Å². The number of amides is 1. The Morgan fingerprint density at radius 1 is 1.22 bits per heavy atom. The number of likely N-dealkylation sites (N-methyl/N-ethyl adjacent to an activating group) is 1. The molecular weight excluding hydrogens is 406 g/mol. The van der Waals surface area contributed by atoms with Crippen molar-refractivity contribution in [1.82, 2.24) is 20.8 Å². The number of aromatic hydroxyl groups is 1. The first-order valence-electron chi connectivity index (χ1n) is 10.9. The van der Waals surface area contributed by atoms with E-state index in [4.69, 9.17) is 4.74 Å². The second-order valence-electron chi connectivity index (χ2n) is 9.41. The predicted octanol–water partition coefficient (Wildman–Crippen LogP) is 2.34. The van der Waals surface area contributed by atoms with Crippen molar-refractivity contribution < 1.29 is 14.6 Å². The van der Waals surface area contributed by atoms with Crippen molar-refractivity contribution in [2.75, 3.05) is 32.2 Å². The van der Waals surface area contributed by atoms with Gasteiger partial charge in [-0.25, -0.2) is 0 Å². The summed E-state index contributed by atoms with van der Waals surface area (Å²) in [6.45, 7) is 5.86. The zero-order chi connectivity index (χ0) is 22.9. The normalized spacial score (nSPS) is 27.3. The van der Waals surface area contributed by atoms with E-state index in [0.29, 0.717) is 30.5 Å². The zero-order valence-corrected chi connectivity index (χ0v) is 19.1. The third kappa shape index (κ3) is 4.61. The fourth-order valence-corrected chi connectivity index (χ4v) is 4.88. The van der Waals surface area contributed by atoms with Gasteiger partial charge in [-0.2, -0.15) is 0 Å². The molecule has 170 valence electrons. The molecule has 8 nitrogen and oxygen atoms in total. The number of anilines is 1. The molecule has 1 aromatic carbocycles. The van der Waals surface area contributed by atoms with Crippen LogP contribution in [0.1, 0.15) is 32.3 Å². The number of ether oxygens (including phenoxy) is 1. The maximum atomic E-state index is 11.4. The molecule has 2 saturated heterocycles. The number of piperidine rings is 1. The van der Waals surface area contributed by atoms with Crippen molar-refractivity contribution in [3.63, 3.8) is 0 Å². The van der Waals surface area contributed by atoms with Crippen LogP contribution in [0, 0.1) is 0 Å². The first-order chi connectivity index (χ1) is 15.2. The summed E-state index contributed by atoms with van der Waals surface area (Å²) in [5.74, 6) is 0.690. The molecule has 3 atom stereocenters. The van der Waals surface area contributed by atoms with Gasteiger partial charge in [-0.1, -0.05) is 6.07 Å². The Morgan fingerprint density at radius 2 is 1.94 bits per heavy atom. The van der Waals surface area contributed by atoms with Crippen molar-refractivity contribution in [3.8, 4) is 17.0 Å². The van der Waals surface area contributed by atoms with E-state index in [1.807, 2.05) is 18.2 Å². The fraction of sp³-hybridized carbons (Fsp3) is 0.458. The number of phenolic OH excluding ortho intramolecular Hbond substituents is 1. The Morgan fingerprint density at radius 3 is 2.53 bits per heavy atom. The van der Waals surface area contributed by atoms with Crippen LogP contribution in [0.2, 0.25) is 0 Å². The van der Waals surface area contributed by atoms with Gasteiger partial charge in [-0.15, -0.1) is 10.2 Å². The summed E-state index contributed by atoms with van der Waals surface area (Å²) in [6, 6.07) is 9.36. The number of hydrogen-bond donors (Lipinski definition) is 3. The van der Waals surface area contributed by atoms with Gasteiger partial charge in [0.2, 0.25) is 5.91 Å². The number of hydrogen-bond acceptors (Lipinski definition) is 7. The van der Waals surface area contributed by atoms with Gasteiger partial charge in [-0.05, 0) is 62.6 Å². The second kappa shape index (κ2) is 8.52. The molecule has 8 heteroatoms. The van der Waals surface area contributed by atoms with Crippen LogP contribution < -0.4 is 15.5 Å². The lowest BCUT2D eigenvalue weighted by Crippen LogP contribution is -2.70. The second-order valence-corrected chi connectivity index (χ2v) is 9.41. The number of benzene rings is 1. The van der Waals surface area contributed by atoms with E-state index >= 15 is 0 Å². The van der Waals surface area contributed by atoms with Crippen LogP contribution >= 0.6 is 0 Å². The Balaban J connectivity index is 1.50. The zero-order valence-electron chi connectivity index (χ0n) is 19.1. The molecule has 2 aliphatic heterocycles. The van der Waals surface area contributed by atoms with Crippen LogP contribution in [0.4, 0.5) is 5.82 Å². The van der Waals surface area contributed by atoms with Gasteiger partial charge in [0.25, 0.3) is 0 Å². The molecule has 2 aromatic rings. The van der Waals surface area contributed by atoms with Crippen molar-refractivity contribution in [1.29, 1.82) is 0 Å². The average molecular weight is 438 g/mol. The molecule has 0 spiro atoms. The largest absolute Gasteiger partial charge is 0.507 e. The molecule has 3 heterocycles. The van der Waals surface area contributed by atoms with Gasteiger partial charge in [-0.3, -0.25) is 4.79 Å². The smallest absolute Gasteiger partial charge is 0.243 e. The molecule has 4 rings (SSSR count). The number of morpholine rings is 1. The lowest BCUT2D eigenvalue weighted by atomic mass is 9.76. The lowest BCUT2D eigenvalue weighted by molar-refractivity contribution is -0.115. The van der Waals surface area contributed by atoms with Gasteiger partial charge in [0, 0.05) is 42.9 Å². The minimum absolute atomic E-state index is 0.0443. The topological polar surface area (TPSA) is 99.6 Å². The van der Waals surface area contributed by atoms with Gasteiger partial charge in [0.05, 0.1) is 18.9 Å². The molecule has 2 fully saturated rings. The van der Waals surface area contributed by atoms with Crippen LogP contribution in [0.15, 0.2) is 36.4 Å². The summed E-state index contributed by atoms with van der Waals surface area (Å²) in [4.78, 5) is 13.6. The van der Waals surface area contributed by atoms with Crippen LogP contribution in [-0.4, -0.2) is 65.6 Å². The van der Waals surface area contributed by atoms with E-state index in [1.54, 1.807) is 25.3 Å². The third-order valence-electron chi connectivity index (χ3n) is 6.35. The number of aromatic nitrogens is 2. The van der Waals surface area contributed by atoms with E-state index in [0.717, 1.165) is 24.2 Å². The monoisotopic (exact) mass is 437 g/mol. The summed E-state index contributed by atoms with van der Waals surface area (Å²) in [7, 11) is 3.63. The van der Waals surface area contributed by atoms with Gasteiger partial charge in [0.1, 0.15) is 5.75 Å². The highest BCUT2D eigenvalue weighted by Crippen LogP contribution is 2.36. The Bertz CT molecular complexity index is 1010. The fourth-order valence-electron chi connectivity index (χ4n) is 4.88. The van der Waals surface area contributed by atoms with Crippen LogP contribution in [0.25, 0.3) is 17.3 Å². The summed E-state index contributed by atoms with van der Waals surface area (Å²) >= 11 is 0. The first kappa shape index (κ1) is 22.2. The molecule has 2 aliphatic rings. The summed E-state index contributed by atoms with van der Waals surface area (Å²) in [5, 5.41) is 25.6. The summed E-state index contributed by atoms with van der Waals surface area (Å²) in [6.07, 6.45) is 5.00. The van der Waals surface area contributed by atoms with Crippen LogP contribution in [0.5, 0.6) is 5.75 Å². The lowest BCUT2D eigenvalue weighted by Gasteiger charge is -2.54. The van der Waals surface area contributed by atoms with E-state index in [1.165, 1.54) is 6.08 Å². The highest BCUT2D eigenvalue weighted by Gasteiger charge is 2.47. The van der Waals surface area contributed by atoms with Gasteiger partial charge in [0.15, 0.2) is 5.82 Å². The van der Waals surface area contributed by atoms with Crippen molar-refractivity contribution >= 4 is 17.8 Å². The molecule has 0 radical (unpaired) electrons. The van der Waals surface area contributed by atoms with E-state index in [-0.39, 0.29) is 22.7 Å². The number of phenols is 1. The number of carbonyl (C=O) groups excluding carboxylic acids is 1. The SMILES string of the molecule is CNC(=O)/C=C/c1ccc(-c2ccc(N(C)[C@H]3C[C@]4(C)COC[C@](C)(C3)N4)nn2)c(O)c1. The number of rotatable bonds is 5. The highest BCUT2D eigenvalue weighted by molar-refractivity contribution is 5.91.